The number of esters is 1. The monoisotopic (exact) mass is 427 g/mol. The van der Waals surface area contributed by atoms with Crippen molar-refractivity contribution in [3.8, 4) is 17.2 Å². The summed E-state index contributed by atoms with van der Waals surface area (Å²) in [6.45, 7) is -0.441. The molecule has 0 atom stereocenters. The van der Waals surface area contributed by atoms with Gasteiger partial charge in [-0.1, -0.05) is 23.2 Å². The van der Waals surface area contributed by atoms with Crippen molar-refractivity contribution in [2.75, 3.05) is 33.3 Å². The number of methoxy groups -OCH3 is 3. The van der Waals surface area contributed by atoms with E-state index in [4.69, 9.17) is 42.1 Å². The lowest BCUT2D eigenvalue weighted by atomic mass is 10.1. The number of carbonyl (C=O) groups is 2. The quantitative estimate of drug-likeness (QED) is 0.645. The van der Waals surface area contributed by atoms with E-state index in [1.54, 1.807) is 24.3 Å². The third-order valence-corrected chi connectivity index (χ3v) is 4.38. The minimum Gasteiger partial charge on any atom is -0.493 e. The van der Waals surface area contributed by atoms with E-state index in [0.29, 0.717) is 38.5 Å². The first-order chi connectivity index (χ1) is 13.4. The van der Waals surface area contributed by atoms with Crippen LogP contribution in [0.1, 0.15) is 5.56 Å². The standard InChI is InChI=1S/C19H19Cl2NO6/c1-25-15-6-11(7-16(26-2)19(15)27-3)8-18(24)28-10-17(23)22-12-4-5-13(20)14(21)9-12/h4-7,9H,8,10H2,1-3H3,(H,22,23). The van der Waals surface area contributed by atoms with Crippen molar-refractivity contribution < 1.29 is 28.5 Å². The SMILES string of the molecule is COc1cc(CC(=O)OCC(=O)Nc2ccc(Cl)c(Cl)c2)cc(OC)c1OC. The largest absolute Gasteiger partial charge is 0.493 e. The lowest BCUT2D eigenvalue weighted by molar-refractivity contribution is -0.146. The zero-order valence-corrected chi connectivity index (χ0v) is 17.0. The van der Waals surface area contributed by atoms with Gasteiger partial charge in [-0.2, -0.15) is 0 Å². The highest BCUT2D eigenvalue weighted by atomic mass is 35.5. The highest BCUT2D eigenvalue weighted by Crippen LogP contribution is 2.38. The lowest BCUT2D eigenvalue weighted by Gasteiger charge is -2.14. The Morgan fingerprint density at radius 1 is 0.929 bits per heavy atom. The maximum atomic E-state index is 12.1. The molecule has 28 heavy (non-hydrogen) atoms. The van der Waals surface area contributed by atoms with Gasteiger partial charge in [0.25, 0.3) is 5.91 Å². The number of benzene rings is 2. The molecule has 150 valence electrons. The summed E-state index contributed by atoms with van der Waals surface area (Å²) in [5, 5.41) is 3.24. The molecule has 0 aromatic heterocycles. The van der Waals surface area contributed by atoms with E-state index in [9.17, 15) is 9.59 Å². The zero-order valence-electron chi connectivity index (χ0n) is 15.5. The molecule has 0 saturated heterocycles. The van der Waals surface area contributed by atoms with Crippen LogP contribution in [0.25, 0.3) is 0 Å². The van der Waals surface area contributed by atoms with Gasteiger partial charge < -0.3 is 24.3 Å². The first-order valence-corrected chi connectivity index (χ1v) is 8.83. The van der Waals surface area contributed by atoms with Crippen LogP contribution in [-0.2, 0) is 20.7 Å². The number of halogens is 2. The van der Waals surface area contributed by atoms with Crippen molar-refractivity contribution in [2.24, 2.45) is 0 Å². The van der Waals surface area contributed by atoms with Gasteiger partial charge in [0.15, 0.2) is 18.1 Å². The number of nitrogens with one attached hydrogen (secondary N) is 1. The molecule has 0 radical (unpaired) electrons. The van der Waals surface area contributed by atoms with Crippen LogP contribution in [-0.4, -0.2) is 39.8 Å². The van der Waals surface area contributed by atoms with Gasteiger partial charge in [-0.05, 0) is 35.9 Å². The van der Waals surface area contributed by atoms with Gasteiger partial charge in [-0.25, -0.2) is 0 Å². The van der Waals surface area contributed by atoms with Crippen LogP contribution in [0.3, 0.4) is 0 Å². The normalized spacial score (nSPS) is 10.2. The molecule has 0 spiro atoms. The topological polar surface area (TPSA) is 83.1 Å². The van der Waals surface area contributed by atoms with Crippen LogP contribution in [0.5, 0.6) is 17.2 Å². The molecule has 9 heteroatoms. The molecule has 2 aromatic carbocycles. The first kappa shape index (κ1) is 21.7. The molecule has 2 rings (SSSR count). The fraction of sp³-hybridized carbons (Fsp3) is 0.263. The second kappa shape index (κ2) is 10.1. The van der Waals surface area contributed by atoms with E-state index >= 15 is 0 Å². The molecule has 0 bridgehead atoms. The van der Waals surface area contributed by atoms with E-state index < -0.39 is 18.5 Å². The number of carbonyl (C=O) groups excluding carboxylic acids is 2. The molecule has 0 fully saturated rings. The summed E-state index contributed by atoms with van der Waals surface area (Å²) in [5.41, 5.74) is 1.03. The maximum Gasteiger partial charge on any atom is 0.310 e. The van der Waals surface area contributed by atoms with E-state index in [-0.39, 0.29) is 6.42 Å². The van der Waals surface area contributed by atoms with Crippen LogP contribution < -0.4 is 19.5 Å². The van der Waals surface area contributed by atoms with Gasteiger partial charge in [-0.3, -0.25) is 9.59 Å². The second-order valence-electron chi connectivity index (χ2n) is 5.55. The minimum atomic E-state index is -0.585. The van der Waals surface area contributed by atoms with Gasteiger partial charge in [0.2, 0.25) is 5.75 Å². The third-order valence-electron chi connectivity index (χ3n) is 3.64. The van der Waals surface area contributed by atoms with Crippen molar-refractivity contribution >= 4 is 40.8 Å². The summed E-state index contributed by atoms with van der Waals surface area (Å²) in [6, 6.07) is 7.91. The van der Waals surface area contributed by atoms with E-state index in [0.717, 1.165) is 0 Å². The maximum absolute atomic E-state index is 12.1. The summed E-state index contributed by atoms with van der Waals surface area (Å²) in [7, 11) is 4.44. The Morgan fingerprint density at radius 3 is 2.11 bits per heavy atom. The van der Waals surface area contributed by atoms with E-state index in [1.165, 1.54) is 27.4 Å². The number of ether oxygens (including phenoxy) is 4. The molecular formula is C19H19Cl2NO6. The van der Waals surface area contributed by atoms with Crippen molar-refractivity contribution in [1.29, 1.82) is 0 Å². The summed E-state index contributed by atoms with van der Waals surface area (Å²) in [6.07, 6.45) is -0.0727. The number of amides is 1. The van der Waals surface area contributed by atoms with Crippen molar-refractivity contribution in [3.05, 3.63) is 45.9 Å². The second-order valence-corrected chi connectivity index (χ2v) is 6.36. The summed E-state index contributed by atoms with van der Waals surface area (Å²) < 4.78 is 20.7. The summed E-state index contributed by atoms with van der Waals surface area (Å²) in [5.74, 6) is 0.169. The van der Waals surface area contributed by atoms with E-state index in [2.05, 4.69) is 5.32 Å². The van der Waals surface area contributed by atoms with Crippen LogP contribution in [0.15, 0.2) is 30.3 Å². The molecule has 0 unspecified atom stereocenters. The van der Waals surface area contributed by atoms with Gasteiger partial charge in [-0.15, -0.1) is 0 Å². The fourth-order valence-corrected chi connectivity index (χ4v) is 2.67. The molecule has 0 heterocycles. The number of hydrogen-bond acceptors (Lipinski definition) is 6. The van der Waals surface area contributed by atoms with Gasteiger partial charge in [0, 0.05) is 5.69 Å². The molecule has 1 amide bonds. The number of hydrogen-bond donors (Lipinski definition) is 1. The third kappa shape index (κ3) is 5.68. The van der Waals surface area contributed by atoms with Crippen molar-refractivity contribution in [1.82, 2.24) is 0 Å². The Hall–Kier alpha value is -2.64. The molecular weight excluding hydrogens is 409 g/mol. The minimum absolute atomic E-state index is 0.0727. The lowest BCUT2D eigenvalue weighted by Crippen LogP contribution is -2.21. The predicted octanol–water partition coefficient (Wildman–Crippen LogP) is 3.74. The number of rotatable bonds is 8. The Balaban J connectivity index is 1.94. The predicted molar refractivity (Wildman–Crippen MR) is 106 cm³/mol. The van der Waals surface area contributed by atoms with Crippen LogP contribution >= 0.6 is 23.2 Å². The fourth-order valence-electron chi connectivity index (χ4n) is 2.37. The van der Waals surface area contributed by atoms with Gasteiger partial charge >= 0.3 is 5.97 Å². The van der Waals surface area contributed by atoms with Crippen molar-refractivity contribution in [2.45, 2.75) is 6.42 Å². The molecule has 0 aliphatic heterocycles. The van der Waals surface area contributed by atoms with Gasteiger partial charge in [0.1, 0.15) is 0 Å². The molecule has 2 aromatic rings. The van der Waals surface area contributed by atoms with Crippen LogP contribution in [0, 0.1) is 0 Å². The molecule has 0 aliphatic rings. The summed E-state index contributed by atoms with van der Waals surface area (Å²) in [4.78, 5) is 24.0. The zero-order chi connectivity index (χ0) is 20.7. The first-order valence-electron chi connectivity index (χ1n) is 8.07. The average molecular weight is 428 g/mol. The van der Waals surface area contributed by atoms with Gasteiger partial charge in [0.05, 0.1) is 37.8 Å². The van der Waals surface area contributed by atoms with Crippen LogP contribution in [0.2, 0.25) is 10.0 Å². The molecule has 0 aliphatic carbocycles. The number of anilines is 1. The average Bonchev–Trinajstić information content (AvgIpc) is 2.68. The van der Waals surface area contributed by atoms with Crippen molar-refractivity contribution in [3.63, 3.8) is 0 Å². The summed E-state index contributed by atoms with van der Waals surface area (Å²) >= 11 is 11.7. The van der Waals surface area contributed by atoms with Crippen LogP contribution in [0.4, 0.5) is 5.69 Å². The smallest absolute Gasteiger partial charge is 0.310 e. The Morgan fingerprint density at radius 2 is 1.57 bits per heavy atom. The highest BCUT2D eigenvalue weighted by molar-refractivity contribution is 6.42. The molecule has 0 saturated carbocycles. The molecule has 1 N–H and O–H groups in total. The Labute approximate surface area is 172 Å². The van der Waals surface area contributed by atoms with E-state index in [1.807, 2.05) is 0 Å². The highest BCUT2D eigenvalue weighted by Gasteiger charge is 2.16. The Bertz CT molecular complexity index is 846. The molecule has 7 nitrogen and oxygen atoms in total. The Kier molecular flexibility index (Phi) is 7.78.